The van der Waals surface area contributed by atoms with Gasteiger partial charge in [0.2, 0.25) is 0 Å². The third-order valence-electron chi connectivity index (χ3n) is 13.1. The van der Waals surface area contributed by atoms with E-state index in [2.05, 4.69) is 230 Å². The summed E-state index contributed by atoms with van der Waals surface area (Å²) in [4.78, 5) is 12.2. The van der Waals surface area contributed by atoms with Crippen LogP contribution in [0.25, 0.3) is 99.9 Å². The number of benzene rings is 8. The van der Waals surface area contributed by atoms with Crippen molar-refractivity contribution >= 4 is 63.2 Å². The molecule has 0 aliphatic heterocycles. The van der Waals surface area contributed by atoms with Gasteiger partial charge in [0, 0.05) is 28.8 Å². The highest BCUT2D eigenvalue weighted by atomic mass is 32.1. The number of imidazole rings is 1. The molecule has 2 aromatic heterocycles. The molecule has 5 heteroatoms. The molecule has 0 amide bonds. The van der Waals surface area contributed by atoms with Crippen molar-refractivity contribution in [3.63, 3.8) is 0 Å². The van der Waals surface area contributed by atoms with Crippen molar-refractivity contribution < 1.29 is 0 Å². The fourth-order valence-corrected chi connectivity index (χ4v) is 9.81. The number of aromatic nitrogens is 3. The lowest BCUT2D eigenvalue weighted by atomic mass is 9.84. The second-order valence-electron chi connectivity index (χ2n) is 17.5. The number of fused-ring (bicyclic) bond motifs is 3. The molecule has 0 fully saturated rings. The van der Waals surface area contributed by atoms with Crippen LogP contribution in [0, 0.1) is 6.92 Å². The van der Waals surface area contributed by atoms with Gasteiger partial charge in [0.05, 0.1) is 22.4 Å². The summed E-state index contributed by atoms with van der Waals surface area (Å²) in [6.45, 7) is 16.8. The van der Waals surface area contributed by atoms with Gasteiger partial charge in [0.25, 0.3) is 0 Å². The Morgan fingerprint density at radius 1 is 0.577 bits per heavy atom. The summed E-state index contributed by atoms with van der Waals surface area (Å²) in [6.07, 6.45) is 16.0. The minimum atomic E-state index is 0. The number of allylic oxidation sites excluding steroid dienone is 8. The van der Waals surface area contributed by atoms with Gasteiger partial charge in [-0.15, -0.1) is 0 Å². The molecule has 0 aliphatic carbocycles. The molecule has 0 N–H and O–H groups in total. The van der Waals surface area contributed by atoms with E-state index in [0.717, 1.165) is 78.7 Å². The highest BCUT2D eigenvalue weighted by Gasteiger charge is 2.22. The summed E-state index contributed by atoms with van der Waals surface area (Å²) in [5.74, 6) is 0.906. The predicted molar refractivity (Wildman–Crippen MR) is 311 cm³/mol. The van der Waals surface area contributed by atoms with Crippen LogP contribution in [0.3, 0.4) is 0 Å². The lowest BCUT2D eigenvalue weighted by Gasteiger charge is -2.29. The minimum Gasteiger partial charge on any atom is -0.309 e. The van der Waals surface area contributed by atoms with Crippen LogP contribution >= 0.6 is 13.5 Å². The molecule has 10 rings (SSSR count). The van der Waals surface area contributed by atoms with Gasteiger partial charge in [-0.2, -0.15) is 13.5 Å². The van der Waals surface area contributed by atoms with Crippen molar-refractivity contribution in [1.29, 1.82) is 0 Å². The summed E-state index contributed by atoms with van der Waals surface area (Å²) >= 11 is 0. The Morgan fingerprint density at radius 2 is 1.13 bits per heavy atom. The summed E-state index contributed by atoms with van der Waals surface area (Å²) in [5, 5.41) is 4.79. The Balaban J connectivity index is 0.00000624. The first-order chi connectivity index (χ1) is 34.4. The molecule has 0 aliphatic rings. The van der Waals surface area contributed by atoms with E-state index in [0.29, 0.717) is 0 Å². The van der Waals surface area contributed by atoms with E-state index in [-0.39, 0.29) is 13.5 Å². The maximum absolute atomic E-state index is 5.30. The van der Waals surface area contributed by atoms with E-state index >= 15 is 0 Å². The van der Waals surface area contributed by atoms with E-state index in [9.17, 15) is 0 Å². The minimum absolute atomic E-state index is 0. The average Bonchev–Trinajstić information content (AvgIpc) is 3.80. The van der Waals surface area contributed by atoms with Crippen molar-refractivity contribution in [1.82, 2.24) is 14.5 Å². The lowest BCUT2D eigenvalue weighted by Crippen LogP contribution is -2.21. The Hall–Kier alpha value is -8.51. The van der Waals surface area contributed by atoms with Crippen molar-refractivity contribution in [3.05, 3.63) is 261 Å². The van der Waals surface area contributed by atoms with Gasteiger partial charge in [0.1, 0.15) is 5.82 Å². The monoisotopic (exact) mass is 936 g/mol. The maximum Gasteiger partial charge on any atom is 0.145 e. The zero-order valence-electron chi connectivity index (χ0n) is 40.6. The molecular weight excluding hydrogens is 881 g/mol. The average molecular weight is 937 g/mol. The van der Waals surface area contributed by atoms with E-state index < -0.39 is 0 Å². The standard InChI is InChI=1S/C66H54N4.H2S/c1-7-10-14-24-46(5)69-63-39-35-54(44-61(63)68-66(69)50-29-19-13-20-30-50)53-33-37-57-59(43-53)65(49-27-17-12-18-28-49)56-36-32-52(42-58(56)64(57)48-25-15-11-16-26-48)51-34-38-62(45(4)41-51)70(55(9-3)23-8-2)47(6)60-31-21-22-40-67-60;/h7-44H,1,6H2,2-5H3;1H2/b14-10-,23-8-,46-24+,55-9+;. The number of aryl methyl sites for hydroxylation is 1. The zero-order chi connectivity index (χ0) is 48.1. The van der Waals surface area contributed by atoms with Crippen molar-refractivity contribution in [2.75, 3.05) is 4.90 Å². The predicted octanol–water partition coefficient (Wildman–Crippen LogP) is 18.1. The second kappa shape index (κ2) is 21.0. The van der Waals surface area contributed by atoms with Gasteiger partial charge >= 0.3 is 0 Å². The van der Waals surface area contributed by atoms with Gasteiger partial charge in [-0.25, -0.2) is 4.98 Å². The number of nitrogens with zero attached hydrogens (tertiary/aromatic N) is 4. The Kier molecular flexibility index (Phi) is 14.1. The molecule has 0 spiro atoms. The quantitative estimate of drug-likeness (QED) is 0.0853. The van der Waals surface area contributed by atoms with Crippen LogP contribution < -0.4 is 4.90 Å². The molecule has 0 radical (unpaired) electrons. The summed E-state index contributed by atoms with van der Waals surface area (Å²) in [6, 6.07) is 65.5. The highest BCUT2D eigenvalue weighted by molar-refractivity contribution is 7.59. The zero-order valence-corrected chi connectivity index (χ0v) is 41.6. The molecular formula is C66H56N4S. The Bertz CT molecular complexity index is 3710. The molecule has 10 aromatic rings. The number of hydrogen-bond donors (Lipinski definition) is 0. The molecule has 4 nitrogen and oxygen atoms in total. The number of pyridine rings is 1. The van der Waals surface area contributed by atoms with Gasteiger partial charge in [0.15, 0.2) is 0 Å². The van der Waals surface area contributed by atoms with Crippen LogP contribution in [0.15, 0.2) is 250 Å². The van der Waals surface area contributed by atoms with Crippen molar-refractivity contribution in [2.45, 2.75) is 27.7 Å². The fourth-order valence-electron chi connectivity index (χ4n) is 9.81. The first-order valence-corrected chi connectivity index (χ1v) is 23.9. The molecule has 0 saturated carbocycles. The van der Waals surface area contributed by atoms with Gasteiger partial charge in [-0.1, -0.05) is 177 Å². The molecule has 346 valence electrons. The van der Waals surface area contributed by atoms with E-state index in [1.54, 1.807) is 6.08 Å². The van der Waals surface area contributed by atoms with Gasteiger partial charge in [-0.05, 0) is 160 Å². The highest BCUT2D eigenvalue weighted by Crippen LogP contribution is 2.46. The third kappa shape index (κ3) is 9.24. The first kappa shape index (κ1) is 47.6. The number of anilines is 1. The topological polar surface area (TPSA) is 34.0 Å². The van der Waals surface area contributed by atoms with Crippen LogP contribution in [-0.4, -0.2) is 14.5 Å². The van der Waals surface area contributed by atoms with Gasteiger partial charge < -0.3 is 4.90 Å². The molecule has 8 aromatic carbocycles. The van der Waals surface area contributed by atoms with Crippen LogP contribution in [0.4, 0.5) is 5.69 Å². The molecule has 0 atom stereocenters. The van der Waals surface area contributed by atoms with E-state index in [4.69, 9.17) is 4.98 Å². The first-order valence-electron chi connectivity index (χ1n) is 23.9. The normalized spacial score (nSPS) is 12.0. The largest absolute Gasteiger partial charge is 0.309 e. The number of rotatable bonds is 13. The smallest absolute Gasteiger partial charge is 0.145 e. The van der Waals surface area contributed by atoms with Crippen LogP contribution in [0.5, 0.6) is 0 Å². The van der Waals surface area contributed by atoms with E-state index in [1.165, 1.54) is 43.8 Å². The van der Waals surface area contributed by atoms with Crippen LogP contribution in [0.1, 0.15) is 32.0 Å². The second-order valence-corrected chi connectivity index (χ2v) is 17.5. The summed E-state index contributed by atoms with van der Waals surface area (Å²) in [7, 11) is 0. The van der Waals surface area contributed by atoms with Crippen molar-refractivity contribution in [3.8, 4) is 55.9 Å². The molecule has 0 unspecified atom stereocenters. The molecule has 2 heterocycles. The summed E-state index contributed by atoms with van der Waals surface area (Å²) in [5.41, 5.74) is 18.3. The fraction of sp³-hybridized carbons (Fsp3) is 0.0606. The summed E-state index contributed by atoms with van der Waals surface area (Å²) < 4.78 is 2.25. The van der Waals surface area contributed by atoms with E-state index in [1.807, 2.05) is 49.5 Å². The van der Waals surface area contributed by atoms with Crippen LogP contribution in [-0.2, 0) is 0 Å². The van der Waals surface area contributed by atoms with Crippen LogP contribution in [0.2, 0.25) is 0 Å². The van der Waals surface area contributed by atoms with Gasteiger partial charge in [-0.3, -0.25) is 9.55 Å². The third-order valence-corrected chi connectivity index (χ3v) is 13.1. The number of hydrogen-bond acceptors (Lipinski definition) is 3. The molecule has 0 saturated heterocycles. The Morgan fingerprint density at radius 3 is 1.68 bits per heavy atom. The van der Waals surface area contributed by atoms with Crippen molar-refractivity contribution in [2.24, 2.45) is 0 Å². The molecule has 71 heavy (non-hydrogen) atoms. The lowest BCUT2D eigenvalue weighted by molar-refractivity contribution is 1.12. The molecule has 0 bridgehead atoms. The Labute approximate surface area is 424 Å². The maximum atomic E-state index is 5.30. The SMILES string of the molecule is C=C/C=C\C=C(/C)n1c(-c2ccccc2)nc2cc(-c3ccc4c(-c5ccccc5)c5cc(-c6ccc(N(C(=C)c7ccccn7)C(/C=C\C)=C/C)c(C)c6)ccc5c(-c5ccccc5)c4c3)ccc21.S.